The molecule has 1 saturated heterocycles. The van der Waals surface area contributed by atoms with Gasteiger partial charge in [0, 0.05) is 6.42 Å². The van der Waals surface area contributed by atoms with E-state index in [0.29, 0.717) is 0 Å². The molecule has 0 radical (unpaired) electrons. The van der Waals surface area contributed by atoms with Crippen LogP contribution in [0.3, 0.4) is 0 Å². The number of carbonyl (C=O) groups is 4. The highest BCUT2D eigenvalue weighted by molar-refractivity contribution is 5.98. The molecule has 1 aromatic heterocycles. The van der Waals surface area contributed by atoms with E-state index in [0.717, 1.165) is 16.0 Å². The van der Waals surface area contributed by atoms with Crippen molar-refractivity contribution >= 4 is 24.1 Å². The van der Waals surface area contributed by atoms with Crippen LogP contribution in [0.25, 0.3) is 0 Å². The van der Waals surface area contributed by atoms with Crippen LogP contribution in [-0.4, -0.2) is 67.7 Å². The van der Waals surface area contributed by atoms with Crippen molar-refractivity contribution in [2.75, 3.05) is 0 Å². The summed E-state index contributed by atoms with van der Waals surface area (Å²) in [7, 11) is 0. The molecule has 1 fully saturated rings. The molecule has 3 aromatic rings. The van der Waals surface area contributed by atoms with Crippen LogP contribution in [-0.2, 0) is 38.6 Å². The molecule has 1 aliphatic rings. The molecular weight excluding hydrogens is 530 g/mol. The lowest BCUT2D eigenvalue weighted by atomic mass is 10.0. The molecule has 0 spiro atoms. The fraction of sp³-hybridized carbons (Fsp3) is 0.379. The molecule has 0 saturated carbocycles. The minimum absolute atomic E-state index is 0.00209. The van der Waals surface area contributed by atoms with Gasteiger partial charge in [0.25, 0.3) is 5.91 Å². The molecule has 216 valence electrons. The molecule has 12 heteroatoms. The lowest BCUT2D eigenvalue weighted by Crippen LogP contribution is -2.54. The minimum Gasteiger partial charge on any atom is -0.456 e. The highest BCUT2D eigenvalue weighted by Gasteiger charge is 2.46. The van der Waals surface area contributed by atoms with Gasteiger partial charge in [0.15, 0.2) is 5.69 Å². The number of imide groups is 1. The number of amides is 3. The maximum atomic E-state index is 13.8. The Labute approximate surface area is 237 Å². The molecule has 0 bridgehead atoms. The number of carbonyl (C=O) groups excluding carboxylic acids is 4. The number of rotatable bonds is 9. The first-order valence-electron chi connectivity index (χ1n) is 13.2. The van der Waals surface area contributed by atoms with Gasteiger partial charge in [0.1, 0.15) is 24.4 Å². The fourth-order valence-electron chi connectivity index (χ4n) is 4.26. The second kappa shape index (κ2) is 12.6. The lowest BCUT2D eigenvalue weighted by Gasteiger charge is -2.27. The van der Waals surface area contributed by atoms with Crippen molar-refractivity contribution in [3.63, 3.8) is 0 Å². The number of ether oxygens (including phenoxy) is 3. The maximum Gasteiger partial charge on any atom is 0.417 e. The van der Waals surface area contributed by atoms with Gasteiger partial charge in [0.2, 0.25) is 0 Å². The van der Waals surface area contributed by atoms with E-state index in [-0.39, 0.29) is 25.3 Å². The SMILES string of the molecule is C[C@H]1OC(=O)N(C(=O)[C@@H](Cc2ccccc2)NC(=O)OC(C)(C)C)[C@@H]1Cn1cc(C(=O)OCc2ccccc2)nn1. The maximum absolute atomic E-state index is 13.8. The molecule has 2 heterocycles. The Kier molecular flexibility index (Phi) is 9.00. The van der Waals surface area contributed by atoms with Crippen molar-refractivity contribution in [2.45, 2.75) is 71.1 Å². The minimum atomic E-state index is -1.12. The van der Waals surface area contributed by atoms with Gasteiger partial charge in [-0.05, 0) is 38.8 Å². The summed E-state index contributed by atoms with van der Waals surface area (Å²) in [6.45, 7) is 6.85. The van der Waals surface area contributed by atoms with Gasteiger partial charge < -0.3 is 19.5 Å². The topological polar surface area (TPSA) is 142 Å². The van der Waals surface area contributed by atoms with Crippen LogP contribution >= 0.6 is 0 Å². The third-order valence-electron chi connectivity index (χ3n) is 6.20. The molecule has 0 aliphatic carbocycles. The van der Waals surface area contributed by atoms with Crippen LogP contribution in [0.4, 0.5) is 9.59 Å². The zero-order chi connectivity index (χ0) is 29.6. The average molecular weight is 564 g/mol. The number of alkyl carbamates (subject to hydrolysis) is 1. The monoisotopic (exact) mass is 563 g/mol. The molecule has 3 amide bonds. The number of aromatic nitrogens is 3. The lowest BCUT2D eigenvalue weighted by molar-refractivity contribution is -0.131. The quantitative estimate of drug-likeness (QED) is 0.306. The highest BCUT2D eigenvalue weighted by Crippen LogP contribution is 2.23. The Morgan fingerprint density at radius 3 is 2.29 bits per heavy atom. The summed E-state index contributed by atoms with van der Waals surface area (Å²) in [5, 5.41) is 10.5. The Morgan fingerprint density at radius 1 is 1.02 bits per heavy atom. The third-order valence-corrected chi connectivity index (χ3v) is 6.20. The molecular formula is C29H33N5O7. The van der Waals surface area contributed by atoms with Gasteiger partial charge in [-0.15, -0.1) is 5.10 Å². The van der Waals surface area contributed by atoms with Crippen LogP contribution in [0.15, 0.2) is 66.9 Å². The summed E-state index contributed by atoms with van der Waals surface area (Å²) in [6, 6.07) is 16.4. The number of benzene rings is 2. The summed E-state index contributed by atoms with van der Waals surface area (Å²) in [6.07, 6.45) is -0.836. The van der Waals surface area contributed by atoms with Gasteiger partial charge >= 0.3 is 18.2 Å². The van der Waals surface area contributed by atoms with Crippen molar-refractivity contribution in [2.24, 2.45) is 0 Å². The standard InChI is InChI=1S/C29H33N5O7/c1-19-24(17-33-16-23(31-32-33)26(36)39-18-21-13-9-6-10-14-21)34(28(38)40-19)25(35)22(15-20-11-7-5-8-12-20)30-27(37)41-29(2,3)4/h5-14,16,19,22,24H,15,17-18H2,1-4H3,(H,30,37)/t19-,22-,24-/m1/s1. The Balaban J connectivity index is 1.48. The molecule has 1 aliphatic heterocycles. The van der Waals surface area contributed by atoms with Crippen LogP contribution in [0, 0.1) is 0 Å². The Morgan fingerprint density at radius 2 is 1.66 bits per heavy atom. The van der Waals surface area contributed by atoms with E-state index in [1.165, 1.54) is 10.9 Å². The predicted octanol–water partition coefficient (Wildman–Crippen LogP) is 3.51. The van der Waals surface area contributed by atoms with E-state index in [9.17, 15) is 19.2 Å². The smallest absolute Gasteiger partial charge is 0.417 e. The van der Waals surface area contributed by atoms with Crippen LogP contribution < -0.4 is 5.32 Å². The molecule has 3 atom stereocenters. The van der Waals surface area contributed by atoms with E-state index in [1.807, 2.05) is 60.7 Å². The first kappa shape index (κ1) is 29.2. The normalized spacial score (nSPS) is 17.5. The summed E-state index contributed by atoms with van der Waals surface area (Å²) in [5.41, 5.74) is 0.781. The Bertz CT molecular complexity index is 1370. The largest absolute Gasteiger partial charge is 0.456 e. The number of esters is 1. The zero-order valence-electron chi connectivity index (χ0n) is 23.4. The number of nitrogens with zero attached hydrogens (tertiary/aromatic N) is 4. The van der Waals surface area contributed by atoms with E-state index < -0.39 is 47.9 Å². The van der Waals surface area contributed by atoms with Crippen molar-refractivity contribution in [3.05, 3.63) is 83.7 Å². The van der Waals surface area contributed by atoms with Crippen LogP contribution in [0.1, 0.15) is 49.3 Å². The molecule has 1 N–H and O–H groups in total. The molecule has 2 aromatic carbocycles. The summed E-state index contributed by atoms with van der Waals surface area (Å²) in [4.78, 5) is 52.7. The first-order chi connectivity index (χ1) is 19.5. The zero-order valence-corrected chi connectivity index (χ0v) is 23.4. The predicted molar refractivity (Wildman–Crippen MR) is 145 cm³/mol. The molecule has 4 rings (SSSR count). The number of hydrogen-bond acceptors (Lipinski definition) is 9. The third kappa shape index (κ3) is 7.90. The molecule has 12 nitrogen and oxygen atoms in total. The second-order valence-electron chi connectivity index (χ2n) is 10.6. The van der Waals surface area contributed by atoms with Crippen molar-refractivity contribution in [3.8, 4) is 0 Å². The summed E-state index contributed by atoms with van der Waals surface area (Å²) in [5.74, 6) is -1.33. The van der Waals surface area contributed by atoms with Gasteiger partial charge in [-0.25, -0.2) is 24.0 Å². The van der Waals surface area contributed by atoms with Crippen LogP contribution in [0.5, 0.6) is 0 Å². The van der Waals surface area contributed by atoms with E-state index >= 15 is 0 Å². The molecule has 41 heavy (non-hydrogen) atoms. The number of cyclic esters (lactones) is 1. The average Bonchev–Trinajstić information content (AvgIpc) is 3.50. The first-order valence-corrected chi connectivity index (χ1v) is 13.2. The van der Waals surface area contributed by atoms with E-state index in [4.69, 9.17) is 14.2 Å². The van der Waals surface area contributed by atoms with E-state index in [2.05, 4.69) is 15.6 Å². The number of hydrogen-bond donors (Lipinski definition) is 1. The molecule has 0 unspecified atom stereocenters. The van der Waals surface area contributed by atoms with Gasteiger partial charge in [-0.3, -0.25) is 4.79 Å². The summed E-state index contributed by atoms with van der Waals surface area (Å²) < 4.78 is 17.4. The number of nitrogens with one attached hydrogen (secondary N) is 1. The Hall–Kier alpha value is -4.74. The van der Waals surface area contributed by atoms with E-state index in [1.54, 1.807) is 27.7 Å². The second-order valence-corrected chi connectivity index (χ2v) is 10.6. The van der Waals surface area contributed by atoms with Gasteiger partial charge in [-0.1, -0.05) is 65.9 Å². The highest BCUT2D eigenvalue weighted by atomic mass is 16.6. The van der Waals surface area contributed by atoms with Crippen LogP contribution in [0.2, 0.25) is 0 Å². The van der Waals surface area contributed by atoms with Crippen molar-refractivity contribution in [1.82, 2.24) is 25.2 Å². The van der Waals surface area contributed by atoms with Crippen molar-refractivity contribution < 1.29 is 33.4 Å². The van der Waals surface area contributed by atoms with Crippen molar-refractivity contribution in [1.29, 1.82) is 0 Å². The van der Waals surface area contributed by atoms with Gasteiger partial charge in [0.05, 0.1) is 18.8 Å². The fourth-order valence-corrected chi connectivity index (χ4v) is 4.26. The van der Waals surface area contributed by atoms with Gasteiger partial charge in [-0.2, -0.15) is 0 Å². The summed E-state index contributed by atoms with van der Waals surface area (Å²) >= 11 is 0.